The van der Waals surface area contributed by atoms with Crippen molar-refractivity contribution in [2.24, 2.45) is 12.5 Å². The second kappa shape index (κ2) is 8.60. The number of benzene rings is 1. The number of hydrogen-bond acceptors (Lipinski definition) is 5. The topological polar surface area (TPSA) is 78.1 Å². The maximum absolute atomic E-state index is 13.6. The van der Waals surface area contributed by atoms with Gasteiger partial charge in [0.1, 0.15) is 11.9 Å². The summed E-state index contributed by atoms with van der Waals surface area (Å²) in [4.78, 5) is 21.9. The van der Waals surface area contributed by atoms with Crippen molar-refractivity contribution in [2.45, 2.75) is 12.8 Å². The Bertz CT molecular complexity index is 1090. The SMILES string of the molecule is CN(CCc1cnn(C)c1)C(=O)C1(Cc2ccccc2)CN(c2ncccc2C#N)C1. The number of aryl methyl sites for hydroxylation is 1. The van der Waals surface area contributed by atoms with Crippen molar-refractivity contribution in [1.82, 2.24) is 19.7 Å². The monoisotopic (exact) mass is 414 g/mol. The van der Waals surface area contributed by atoms with Crippen LogP contribution in [0.15, 0.2) is 61.1 Å². The van der Waals surface area contributed by atoms with Crippen LogP contribution >= 0.6 is 0 Å². The van der Waals surface area contributed by atoms with Crippen molar-refractivity contribution >= 4 is 11.7 Å². The van der Waals surface area contributed by atoms with Gasteiger partial charge in [-0.15, -0.1) is 0 Å². The van der Waals surface area contributed by atoms with Crippen LogP contribution in [0.2, 0.25) is 0 Å². The van der Waals surface area contributed by atoms with E-state index >= 15 is 0 Å². The molecule has 0 N–H and O–H groups in total. The lowest BCUT2D eigenvalue weighted by molar-refractivity contribution is -0.142. The summed E-state index contributed by atoms with van der Waals surface area (Å²) in [6, 6.07) is 15.9. The highest BCUT2D eigenvalue weighted by Gasteiger charge is 2.51. The van der Waals surface area contributed by atoms with Gasteiger partial charge in [-0.05, 0) is 36.1 Å². The average Bonchev–Trinajstić information content (AvgIpc) is 3.19. The van der Waals surface area contributed by atoms with E-state index in [1.54, 1.807) is 23.0 Å². The van der Waals surface area contributed by atoms with Crippen LogP contribution in [0.1, 0.15) is 16.7 Å². The number of likely N-dealkylation sites (N-methyl/N-ethyl adjacent to an activating group) is 1. The summed E-state index contributed by atoms with van der Waals surface area (Å²) >= 11 is 0. The van der Waals surface area contributed by atoms with Crippen molar-refractivity contribution in [2.75, 3.05) is 31.6 Å². The fourth-order valence-corrected chi connectivity index (χ4v) is 4.28. The van der Waals surface area contributed by atoms with Crippen LogP contribution in [0.25, 0.3) is 0 Å². The molecular formula is C24H26N6O. The zero-order chi connectivity index (χ0) is 21.8. The van der Waals surface area contributed by atoms with E-state index < -0.39 is 5.41 Å². The van der Waals surface area contributed by atoms with Crippen molar-refractivity contribution < 1.29 is 4.79 Å². The molecule has 158 valence electrons. The third kappa shape index (κ3) is 4.29. The molecule has 7 heteroatoms. The van der Waals surface area contributed by atoms with Crippen molar-refractivity contribution in [3.05, 3.63) is 77.7 Å². The van der Waals surface area contributed by atoms with E-state index in [4.69, 9.17) is 0 Å². The van der Waals surface area contributed by atoms with Crippen LogP contribution in [0.3, 0.4) is 0 Å². The number of rotatable bonds is 7. The number of pyridine rings is 1. The molecule has 1 aliphatic heterocycles. The first-order chi connectivity index (χ1) is 15.0. The van der Waals surface area contributed by atoms with Gasteiger partial charge in [0.2, 0.25) is 5.91 Å². The number of hydrogen-bond donors (Lipinski definition) is 0. The molecule has 7 nitrogen and oxygen atoms in total. The van der Waals surface area contributed by atoms with Gasteiger partial charge < -0.3 is 9.80 Å². The van der Waals surface area contributed by atoms with Gasteiger partial charge in [0.15, 0.2) is 0 Å². The summed E-state index contributed by atoms with van der Waals surface area (Å²) in [5, 5.41) is 13.6. The zero-order valence-corrected chi connectivity index (χ0v) is 17.9. The van der Waals surface area contributed by atoms with Crippen LogP contribution in [-0.4, -0.2) is 52.3 Å². The quantitative estimate of drug-likeness (QED) is 0.593. The van der Waals surface area contributed by atoms with Gasteiger partial charge in [0.05, 0.1) is 17.2 Å². The zero-order valence-electron chi connectivity index (χ0n) is 17.9. The minimum absolute atomic E-state index is 0.130. The lowest BCUT2D eigenvalue weighted by atomic mass is 9.73. The number of carbonyl (C=O) groups is 1. The van der Waals surface area contributed by atoms with Gasteiger partial charge in [-0.3, -0.25) is 9.48 Å². The van der Waals surface area contributed by atoms with E-state index in [2.05, 4.69) is 28.3 Å². The minimum atomic E-state index is -0.532. The maximum Gasteiger partial charge on any atom is 0.232 e. The molecule has 1 aliphatic rings. The molecule has 1 aromatic carbocycles. The van der Waals surface area contributed by atoms with Gasteiger partial charge in [-0.2, -0.15) is 10.4 Å². The van der Waals surface area contributed by atoms with Gasteiger partial charge in [-0.25, -0.2) is 4.98 Å². The first kappa shape index (κ1) is 20.6. The van der Waals surface area contributed by atoms with Crippen LogP contribution in [0.4, 0.5) is 5.82 Å². The summed E-state index contributed by atoms with van der Waals surface area (Å²) in [5.74, 6) is 0.783. The molecule has 1 fully saturated rings. The molecule has 1 saturated heterocycles. The molecule has 0 aliphatic carbocycles. The summed E-state index contributed by atoms with van der Waals surface area (Å²) in [6.45, 7) is 1.72. The highest BCUT2D eigenvalue weighted by atomic mass is 16.2. The van der Waals surface area contributed by atoms with E-state index in [-0.39, 0.29) is 5.91 Å². The van der Waals surface area contributed by atoms with E-state index in [1.807, 2.05) is 54.5 Å². The smallest absolute Gasteiger partial charge is 0.232 e. The Balaban J connectivity index is 1.52. The lowest BCUT2D eigenvalue weighted by Gasteiger charge is -2.51. The van der Waals surface area contributed by atoms with E-state index in [0.717, 1.165) is 17.5 Å². The average molecular weight is 415 g/mol. The third-order valence-corrected chi connectivity index (χ3v) is 5.87. The lowest BCUT2D eigenvalue weighted by Crippen LogP contribution is -2.65. The molecule has 3 heterocycles. The number of amides is 1. The Morgan fingerprint density at radius 3 is 2.65 bits per heavy atom. The summed E-state index contributed by atoms with van der Waals surface area (Å²) in [6.07, 6.45) is 6.94. The van der Waals surface area contributed by atoms with Gasteiger partial charge in [0, 0.05) is 46.1 Å². The predicted octanol–water partition coefficient (Wildman–Crippen LogP) is 2.44. The Morgan fingerprint density at radius 1 is 1.19 bits per heavy atom. The standard InChI is InChI=1S/C24H26N6O/c1-28(12-10-20-15-27-29(2)16-20)23(31)24(13-19-7-4-3-5-8-19)17-30(18-24)22-21(14-25)9-6-11-26-22/h3-9,11,15-16H,10,12-13,17-18H2,1-2H3. The first-order valence-corrected chi connectivity index (χ1v) is 10.4. The third-order valence-electron chi connectivity index (χ3n) is 5.87. The molecule has 0 spiro atoms. The van der Waals surface area contributed by atoms with Crippen molar-refractivity contribution in [3.8, 4) is 6.07 Å². The molecule has 0 saturated carbocycles. The predicted molar refractivity (Wildman–Crippen MR) is 118 cm³/mol. The molecule has 2 aromatic heterocycles. The number of aromatic nitrogens is 3. The highest BCUT2D eigenvalue weighted by molar-refractivity contribution is 5.86. The fraction of sp³-hybridized carbons (Fsp3) is 0.333. The summed E-state index contributed by atoms with van der Waals surface area (Å²) in [5.41, 5.74) is 2.25. The molecule has 3 aromatic rings. The maximum atomic E-state index is 13.6. The van der Waals surface area contributed by atoms with Crippen molar-refractivity contribution in [1.29, 1.82) is 5.26 Å². The van der Waals surface area contributed by atoms with Gasteiger partial charge in [0.25, 0.3) is 0 Å². The van der Waals surface area contributed by atoms with Crippen LogP contribution < -0.4 is 4.90 Å². The number of anilines is 1. The molecule has 4 rings (SSSR count). The Kier molecular flexibility index (Phi) is 5.72. The molecule has 0 bridgehead atoms. The molecular weight excluding hydrogens is 388 g/mol. The van der Waals surface area contributed by atoms with Crippen molar-refractivity contribution in [3.63, 3.8) is 0 Å². The molecule has 0 unspecified atom stereocenters. The van der Waals surface area contributed by atoms with Crippen LogP contribution in [0.5, 0.6) is 0 Å². The number of nitriles is 1. The summed E-state index contributed by atoms with van der Waals surface area (Å²) in [7, 11) is 3.76. The minimum Gasteiger partial charge on any atom is -0.353 e. The number of nitrogens with zero attached hydrogens (tertiary/aromatic N) is 6. The highest BCUT2D eigenvalue weighted by Crippen LogP contribution is 2.39. The number of carbonyl (C=O) groups excluding carboxylic acids is 1. The Hall–Kier alpha value is -3.66. The largest absolute Gasteiger partial charge is 0.353 e. The van der Waals surface area contributed by atoms with Crippen LogP contribution in [-0.2, 0) is 24.7 Å². The molecule has 0 atom stereocenters. The second-order valence-electron chi connectivity index (χ2n) is 8.28. The first-order valence-electron chi connectivity index (χ1n) is 10.4. The van der Waals surface area contributed by atoms with E-state index in [0.29, 0.717) is 37.4 Å². The van der Waals surface area contributed by atoms with Gasteiger partial charge >= 0.3 is 0 Å². The molecule has 0 radical (unpaired) electrons. The normalized spacial score (nSPS) is 14.5. The second-order valence-corrected chi connectivity index (χ2v) is 8.28. The molecule has 1 amide bonds. The van der Waals surface area contributed by atoms with E-state index in [9.17, 15) is 10.1 Å². The summed E-state index contributed by atoms with van der Waals surface area (Å²) < 4.78 is 1.78. The van der Waals surface area contributed by atoms with E-state index in [1.165, 1.54) is 0 Å². The van der Waals surface area contributed by atoms with Gasteiger partial charge in [-0.1, -0.05) is 30.3 Å². The van der Waals surface area contributed by atoms with Crippen LogP contribution in [0, 0.1) is 16.7 Å². The fourth-order valence-electron chi connectivity index (χ4n) is 4.28. The Labute approximate surface area is 182 Å². The Morgan fingerprint density at radius 2 is 1.97 bits per heavy atom. The molecule has 31 heavy (non-hydrogen) atoms.